The summed E-state index contributed by atoms with van der Waals surface area (Å²) >= 11 is 0. The Morgan fingerprint density at radius 2 is 1.72 bits per heavy atom. The molecule has 2 saturated heterocycles. The molecule has 0 aromatic carbocycles. The summed E-state index contributed by atoms with van der Waals surface area (Å²) in [6.07, 6.45) is 11.6. The number of amides is 1. The van der Waals surface area contributed by atoms with Gasteiger partial charge >= 0.3 is 6.09 Å². The number of hydrogen-bond acceptors (Lipinski definition) is 3. The third-order valence-corrected chi connectivity index (χ3v) is 5.79. The number of carbonyl (C=O) groups is 1. The van der Waals surface area contributed by atoms with Crippen molar-refractivity contribution >= 4 is 6.09 Å². The van der Waals surface area contributed by atoms with E-state index in [2.05, 4.69) is 11.8 Å². The van der Waals surface area contributed by atoms with Crippen molar-refractivity contribution in [1.29, 1.82) is 0 Å². The molecule has 0 aromatic rings. The van der Waals surface area contributed by atoms with E-state index < -0.39 is 5.60 Å². The molecule has 0 radical (unpaired) electrons. The molecule has 2 aliphatic rings. The van der Waals surface area contributed by atoms with Crippen molar-refractivity contribution in [2.24, 2.45) is 5.92 Å². The van der Waals surface area contributed by atoms with Crippen molar-refractivity contribution in [3.63, 3.8) is 0 Å². The van der Waals surface area contributed by atoms with Gasteiger partial charge in [-0.1, -0.05) is 26.2 Å². The van der Waals surface area contributed by atoms with E-state index >= 15 is 0 Å². The van der Waals surface area contributed by atoms with Crippen LogP contribution in [0.3, 0.4) is 0 Å². The molecule has 2 rings (SSSR count). The molecule has 1 amide bonds. The van der Waals surface area contributed by atoms with Crippen LogP contribution in [0.15, 0.2) is 0 Å². The monoisotopic (exact) mass is 352 g/mol. The van der Waals surface area contributed by atoms with Crippen molar-refractivity contribution in [2.45, 2.75) is 97.1 Å². The Labute approximate surface area is 155 Å². The summed E-state index contributed by atoms with van der Waals surface area (Å²) in [7, 11) is 0. The molecule has 146 valence electrons. The second kappa shape index (κ2) is 9.80. The molecule has 2 aliphatic heterocycles. The van der Waals surface area contributed by atoms with Crippen LogP contribution in [0.5, 0.6) is 0 Å². The van der Waals surface area contributed by atoms with E-state index in [1.54, 1.807) is 0 Å². The SMILES string of the molecule is CCC(CCCC1CCN(C(=O)OC(C)(C)C)CC1)N1CCCCC1. The predicted octanol–water partition coefficient (Wildman–Crippen LogP) is 5.07. The molecule has 0 N–H and O–H groups in total. The zero-order valence-electron chi connectivity index (χ0n) is 17.1. The van der Waals surface area contributed by atoms with Gasteiger partial charge in [-0.15, -0.1) is 0 Å². The summed E-state index contributed by atoms with van der Waals surface area (Å²) in [6, 6.07) is 0.794. The molecule has 0 saturated carbocycles. The van der Waals surface area contributed by atoms with Gasteiger partial charge in [0.25, 0.3) is 0 Å². The van der Waals surface area contributed by atoms with Gasteiger partial charge in [0.1, 0.15) is 5.60 Å². The molecule has 1 unspecified atom stereocenters. The van der Waals surface area contributed by atoms with E-state index in [1.807, 2.05) is 25.7 Å². The lowest BCUT2D eigenvalue weighted by Crippen LogP contribution is -2.41. The average molecular weight is 353 g/mol. The molecule has 25 heavy (non-hydrogen) atoms. The maximum Gasteiger partial charge on any atom is 0.410 e. The number of likely N-dealkylation sites (tertiary alicyclic amines) is 2. The molecule has 0 aliphatic carbocycles. The van der Waals surface area contributed by atoms with Gasteiger partial charge in [-0.05, 0) is 78.3 Å². The van der Waals surface area contributed by atoms with Crippen LogP contribution in [0.25, 0.3) is 0 Å². The molecular formula is C21H40N2O2. The van der Waals surface area contributed by atoms with Gasteiger partial charge in [-0.3, -0.25) is 0 Å². The first-order valence-electron chi connectivity index (χ1n) is 10.6. The van der Waals surface area contributed by atoms with E-state index in [0.717, 1.165) is 37.9 Å². The minimum absolute atomic E-state index is 0.137. The average Bonchev–Trinajstić information content (AvgIpc) is 2.58. The lowest BCUT2D eigenvalue weighted by molar-refractivity contribution is 0.0179. The first kappa shape index (κ1) is 20.5. The van der Waals surface area contributed by atoms with Gasteiger partial charge in [0.05, 0.1) is 0 Å². The van der Waals surface area contributed by atoms with Gasteiger partial charge in [-0.25, -0.2) is 4.79 Å². The summed E-state index contributed by atoms with van der Waals surface area (Å²) in [4.78, 5) is 16.8. The largest absolute Gasteiger partial charge is 0.444 e. The van der Waals surface area contributed by atoms with Crippen LogP contribution < -0.4 is 0 Å². The zero-order valence-corrected chi connectivity index (χ0v) is 17.1. The van der Waals surface area contributed by atoms with Gasteiger partial charge in [0.2, 0.25) is 0 Å². The topological polar surface area (TPSA) is 32.8 Å². The van der Waals surface area contributed by atoms with Gasteiger partial charge in [0, 0.05) is 19.1 Å². The van der Waals surface area contributed by atoms with Crippen LogP contribution >= 0.6 is 0 Å². The quantitative estimate of drug-likeness (QED) is 0.669. The molecule has 2 fully saturated rings. The highest BCUT2D eigenvalue weighted by atomic mass is 16.6. The highest BCUT2D eigenvalue weighted by molar-refractivity contribution is 5.68. The number of carbonyl (C=O) groups excluding carboxylic acids is 1. The Kier molecular flexibility index (Phi) is 8.05. The van der Waals surface area contributed by atoms with Gasteiger partial charge in [0.15, 0.2) is 0 Å². The Morgan fingerprint density at radius 3 is 2.28 bits per heavy atom. The zero-order chi connectivity index (χ0) is 18.3. The van der Waals surface area contributed by atoms with Gasteiger partial charge < -0.3 is 14.5 Å². The number of rotatable bonds is 6. The molecule has 4 heteroatoms. The van der Waals surface area contributed by atoms with E-state index in [-0.39, 0.29) is 6.09 Å². The van der Waals surface area contributed by atoms with Crippen LogP contribution in [0, 0.1) is 5.92 Å². The summed E-state index contributed by atoms with van der Waals surface area (Å²) in [5.74, 6) is 0.789. The summed E-state index contributed by atoms with van der Waals surface area (Å²) in [5, 5.41) is 0. The van der Waals surface area contributed by atoms with E-state index in [9.17, 15) is 4.79 Å². The normalized spacial score (nSPS) is 22.0. The molecule has 0 aromatic heterocycles. The number of hydrogen-bond donors (Lipinski definition) is 0. The highest BCUT2D eigenvalue weighted by Crippen LogP contribution is 2.26. The Hall–Kier alpha value is -0.770. The van der Waals surface area contributed by atoms with Crippen LogP contribution in [0.1, 0.15) is 85.5 Å². The minimum atomic E-state index is -0.391. The fourth-order valence-corrected chi connectivity index (χ4v) is 4.30. The molecule has 2 heterocycles. The Bertz CT molecular complexity index is 391. The van der Waals surface area contributed by atoms with Crippen LogP contribution in [-0.2, 0) is 4.74 Å². The fraction of sp³-hybridized carbons (Fsp3) is 0.952. The number of ether oxygens (including phenoxy) is 1. The fourth-order valence-electron chi connectivity index (χ4n) is 4.30. The first-order valence-corrected chi connectivity index (χ1v) is 10.6. The van der Waals surface area contributed by atoms with E-state index in [4.69, 9.17) is 4.74 Å². The summed E-state index contributed by atoms with van der Waals surface area (Å²) in [5.41, 5.74) is -0.391. The predicted molar refractivity (Wildman–Crippen MR) is 104 cm³/mol. The number of nitrogens with zero attached hydrogens (tertiary/aromatic N) is 2. The van der Waals surface area contributed by atoms with Crippen LogP contribution in [-0.4, -0.2) is 53.7 Å². The maximum atomic E-state index is 12.1. The maximum absolute atomic E-state index is 12.1. The second-order valence-corrected chi connectivity index (χ2v) is 9.00. The van der Waals surface area contributed by atoms with Gasteiger partial charge in [-0.2, -0.15) is 0 Å². The Morgan fingerprint density at radius 1 is 1.08 bits per heavy atom. The van der Waals surface area contributed by atoms with E-state index in [1.165, 1.54) is 58.0 Å². The van der Waals surface area contributed by atoms with Crippen molar-refractivity contribution in [3.05, 3.63) is 0 Å². The van der Waals surface area contributed by atoms with Crippen molar-refractivity contribution in [3.8, 4) is 0 Å². The lowest BCUT2D eigenvalue weighted by Gasteiger charge is -2.35. The summed E-state index contributed by atoms with van der Waals surface area (Å²) in [6.45, 7) is 12.5. The molecule has 0 bridgehead atoms. The van der Waals surface area contributed by atoms with Crippen LogP contribution in [0.4, 0.5) is 4.79 Å². The molecule has 4 nitrogen and oxygen atoms in total. The highest BCUT2D eigenvalue weighted by Gasteiger charge is 2.27. The second-order valence-electron chi connectivity index (χ2n) is 9.00. The minimum Gasteiger partial charge on any atom is -0.444 e. The smallest absolute Gasteiger partial charge is 0.410 e. The lowest BCUT2D eigenvalue weighted by atomic mass is 9.90. The molecular weight excluding hydrogens is 312 g/mol. The summed E-state index contributed by atoms with van der Waals surface area (Å²) < 4.78 is 5.49. The Balaban J connectivity index is 1.64. The standard InChI is InChI=1S/C21H40N2O2/c1-5-19(22-14-7-6-8-15-22)11-9-10-18-12-16-23(17-13-18)20(24)25-21(2,3)4/h18-19H,5-17H2,1-4H3. The van der Waals surface area contributed by atoms with E-state index in [0.29, 0.717) is 0 Å². The van der Waals surface area contributed by atoms with Crippen molar-refractivity contribution in [1.82, 2.24) is 9.80 Å². The third-order valence-electron chi connectivity index (χ3n) is 5.79. The van der Waals surface area contributed by atoms with Crippen molar-refractivity contribution in [2.75, 3.05) is 26.2 Å². The third kappa shape index (κ3) is 7.16. The van der Waals surface area contributed by atoms with Crippen LogP contribution in [0.2, 0.25) is 0 Å². The number of piperidine rings is 2. The molecule has 1 atom stereocenters. The molecule has 0 spiro atoms. The van der Waals surface area contributed by atoms with Crippen molar-refractivity contribution < 1.29 is 9.53 Å². The first-order chi connectivity index (χ1) is 11.9.